The van der Waals surface area contributed by atoms with Crippen molar-refractivity contribution in [1.29, 1.82) is 0 Å². The molecule has 3 atom stereocenters. The first-order valence-corrected chi connectivity index (χ1v) is 6.32. The minimum absolute atomic E-state index is 0.147. The van der Waals surface area contributed by atoms with Gasteiger partial charge in [-0.15, -0.1) is 0 Å². The maximum absolute atomic E-state index is 12.0. The van der Waals surface area contributed by atoms with Gasteiger partial charge in [0.1, 0.15) is 5.60 Å². The Hall–Kier alpha value is -0.610. The molecule has 2 aliphatic carbocycles. The summed E-state index contributed by atoms with van der Waals surface area (Å²) in [5.41, 5.74) is -1.09. The van der Waals surface area contributed by atoms with Gasteiger partial charge in [0.2, 0.25) is 0 Å². The van der Waals surface area contributed by atoms with Crippen molar-refractivity contribution in [2.75, 3.05) is 13.2 Å². The maximum atomic E-state index is 12.0. The van der Waals surface area contributed by atoms with Gasteiger partial charge in [0.25, 0.3) is 5.91 Å². The second kappa shape index (κ2) is 3.70. The normalized spacial score (nSPS) is 40.2. The average molecular weight is 225 g/mol. The molecule has 1 aliphatic heterocycles. The highest BCUT2D eigenvalue weighted by atomic mass is 16.5. The number of ether oxygens (including phenoxy) is 1. The Balaban J connectivity index is 1.56. The molecule has 90 valence electrons. The van der Waals surface area contributed by atoms with Crippen molar-refractivity contribution in [3.63, 3.8) is 0 Å². The molecule has 3 aliphatic rings. The monoisotopic (exact) mass is 225 g/mol. The summed E-state index contributed by atoms with van der Waals surface area (Å²) in [7, 11) is 0. The lowest BCUT2D eigenvalue weighted by Gasteiger charge is -2.30. The summed E-state index contributed by atoms with van der Waals surface area (Å²) < 4.78 is 5.28. The van der Waals surface area contributed by atoms with Crippen molar-refractivity contribution in [2.24, 2.45) is 11.8 Å². The lowest BCUT2D eigenvalue weighted by molar-refractivity contribution is -0.143. The van der Waals surface area contributed by atoms with E-state index in [-0.39, 0.29) is 11.9 Å². The SMILES string of the molecule is O=C(NC1[C@H]2COC[C@@H]12)C1(O)CCCCC1. The van der Waals surface area contributed by atoms with Crippen molar-refractivity contribution in [1.82, 2.24) is 5.32 Å². The van der Waals surface area contributed by atoms with E-state index in [0.717, 1.165) is 32.5 Å². The van der Waals surface area contributed by atoms with E-state index < -0.39 is 5.60 Å². The summed E-state index contributed by atoms with van der Waals surface area (Å²) in [6, 6.07) is 0.271. The van der Waals surface area contributed by atoms with Crippen LogP contribution in [0.5, 0.6) is 0 Å². The van der Waals surface area contributed by atoms with E-state index in [1.807, 2.05) is 0 Å². The minimum Gasteiger partial charge on any atom is -0.381 e. The van der Waals surface area contributed by atoms with Gasteiger partial charge < -0.3 is 15.2 Å². The highest BCUT2D eigenvalue weighted by molar-refractivity contribution is 5.85. The van der Waals surface area contributed by atoms with Crippen LogP contribution in [0, 0.1) is 11.8 Å². The van der Waals surface area contributed by atoms with Crippen LogP contribution in [0.25, 0.3) is 0 Å². The van der Waals surface area contributed by atoms with E-state index in [1.165, 1.54) is 0 Å². The number of nitrogens with one attached hydrogen (secondary N) is 1. The van der Waals surface area contributed by atoms with Crippen LogP contribution in [-0.4, -0.2) is 35.9 Å². The molecular formula is C12H19NO3. The lowest BCUT2D eigenvalue weighted by atomic mass is 9.84. The van der Waals surface area contributed by atoms with Crippen molar-refractivity contribution in [2.45, 2.75) is 43.7 Å². The van der Waals surface area contributed by atoms with E-state index in [0.29, 0.717) is 24.7 Å². The summed E-state index contributed by atoms with van der Waals surface area (Å²) in [5, 5.41) is 13.2. The van der Waals surface area contributed by atoms with Crippen LogP contribution >= 0.6 is 0 Å². The van der Waals surface area contributed by atoms with Crippen LogP contribution in [0.1, 0.15) is 32.1 Å². The van der Waals surface area contributed by atoms with Crippen LogP contribution in [0.2, 0.25) is 0 Å². The average Bonchev–Trinajstić information content (AvgIpc) is 2.75. The Morgan fingerprint density at radius 2 is 1.81 bits per heavy atom. The number of rotatable bonds is 2. The number of carbonyl (C=O) groups excluding carboxylic acids is 1. The zero-order valence-corrected chi connectivity index (χ0v) is 9.45. The van der Waals surface area contributed by atoms with E-state index in [1.54, 1.807) is 0 Å². The number of hydrogen-bond donors (Lipinski definition) is 2. The molecule has 16 heavy (non-hydrogen) atoms. The molecule has 2 saturated carbocycles. The fraction of sp³-hybridized carbons (Fsp3) is 0.917. The molecule has 1 amide bonds. The van der Waals surface area contributed by atoms with Crippen molar-refractivity contribution >= 4 is 5.91 Å². The smallest absolute Gasteiger partial charge is 0.252 e. The van der Waals surface area contributed by atoms with Gasteiger partial charge in [-0.2, -0.15) is 0 Å². The van der Waals surface area contributed by atoms with E-state index in [9.17, 15) is 9.90 Å². The molecule has 0 bridgehead atoms. The predicted octanol–water partition coefficient (Wildman–Crippen LogP) is 0.443. The maximum Gasteiger partial charge on any atom is 0.252 e. The zero-order valence-electron chi connectivity index (χ0n) is 9.45. The van der Waals surface area contributed by atoms with Gasteiger partial charge in [-0.05, 0) is 12.8 Å². The van der Waals surface area contributed by atoms with Crippen molar-refractivity contribution in [3.05, 3.63) is 0 Å². The molecular weight excluding hydrogens is 206 g/mol. The number of carbonyl (C=O) groups is 1. The van der Waals surface area contributed by atoms with Crippen molar-refractivity contribution < 1.29 is 14.6 Å². The molecule has 0 aromatic carbocycles. The molecule has 1 saturated heterocycles. The van der Waals surface area contributed by atoms with Gasteiger partial charge in [0, 0.05) is 17.9 Å². The Morgan fingerprint density at radius 3 is 2.44 bits per heavy atom. The summed E-state index contributed by atoms with van der Waals surface area (Å²) in [6.45, 7) is 1.54. The number of hydrogen-bond acceptors (Lipinski definition) is 3. The number of aliphatic hydroxyl groups is 1. The molecule has 0 spiro atoms. The Labute approximate surface area is 95.4 Å². The van der Waals surface area contributed by atoms with Gasteiger partial charge in [-0.25, -0.2) is 0 Å². The van der Waals surface area contributed by atoms with Crippen LogP contribution < -0.4 is 5.32 Å². The van der Waals surface area contributed by atoms with Crippen LogP contribution in [0.3, 0.4) is 0 Å². The lowest BCUT2D eigenvalue weighted by Crippen LogP contribution is -2.49. The Morgan fingerprint density at radius 1 is 1.19 bits per heavy atom. The Bertz CT molecular complexity index is 289. The first-order chi connectivity index (χ1) is 7.71. The largest absolute Gasteiger partial charge is 0.381 e. The molecule has 0 aromatic heterocycles. The van der Waals surface area contributed by atoms with Crippen molar-refractivity contribution in [3.8, 4) is 0 Å². The molecule has 0 radical (unpaired) electrons. The fourth-order valence-electron chi connectivity index (χ4n) is 3.10. The predicted molar refractivity (Wildman–Crippen MR) is 57.8 cm³/mol. The zero-order chi connectivity index (χ0) is 11.2. The molecule has 4 nitrogen and oxygen atoms in total. The van der Waals surface area contributed by atoms with Gasteiger partial charge in [-0.3, -0.25) is 4.79 Å². The van der Waals surface area contributed by atoms with E-state index in [4.69, 9.17) is 4.74 Å². The summed E-state index contributed by atoms with van der Waals surface area (Å²) >= 11 is 0. The molecule has 0 aromatic rings. The van der Waals surface area contributed by atoms with Crippen LogP contribution in [0.15, 0.2) is 0 Å². The van der Waals surface area contributed by atoms with Gasteiger partial charge in [0.15, 0.2) is 0 Å². The Kier molecular flexibility index (Phi) is 2.44. The molecule has 1 heterocycles. The summed E-state index contributed by atoms with van der Waals surface area (Å²) in [6.07, 6.45) is 4.31. The molecule has 2 N–H and O–H groups in total. The second-order valence-corrected chi connectivity index (χ2v) is 5.46. The summed E-state index contributed by atoms with van der Waals surface area (Å²) in [5.74, 6) is 0.874. The van der Waals surface area contributed by atoms with E-state index in [2.05, 4.69) is 5.32 Å². The topological polar surface area (TPSA) is 58.6 Å². The molecule has 3 rings (SSSR count). The van der Waals surface area contributed by atoms with E-state index >= 15 is 0 Å². The third-order valence-corrected chi connectivity index (χ3v) is 4.35. The summed E-state index contributed by atoms with van der Waals surface area (Å²) in [4.78, 5) is 12.0. The van der Waals surface area contributed by atoms with Crippen LogP contribution in [0.4, 0.5) is 0 Å². The standard InChI is InChI=1S/C12H19NO3/c14-11(12(15)4-2-1-3-5-12)13-10-8-6-16-7-9(8)10/h8-10,15H,1-7H2,(H,13,14)/t8-,9+,10?. The molecule has 4 heteroatoms. The molecule has 3 fully saturated rings. The van der Waals surface area contributed by atoms with Gasteiger partial charge in [-0.1, -0.05) is 19.3 Å². The molecule has 1 unspecified atom stereocenters. The third kappa shape index (κ3) is 1.64. The second-order valence-electron chi connectivity index (χ2n) is 5.46. The first kappa shape index (κ1) is 10.5. The fourth-order valence-corrected chi connectivity index (χ4v) is 3.10. The number of amides is 1. The highest BCUT2D eigenvalue weighted by Gasteiger charge is 2.56. The quantitative estimate of drug-likeness (QED) is 0.717. The third-order valence-electron chi connectivity index (χ3n) is 4.35. The van der Waals surface area contributed by atoms with Gasteiger partial charge >= 0.3 is 0 Å². The number of fused-ring (bicyclic) bond motifs is 1. The minimum atomic E-state index is -1.09. The van der Waals surface area contributed by atoms with Crippen LogP contribution in [-0.2, 0) is 9.53 Å². The first-order valence-electron chi connectivity index (χ1n) is 6.32. The highest BCUT2D eigenvalue weighted by Crippen LogP contribution is 2.44. The van der Waals surface area contributed by atoms with Gasteiger partial charge in [0.05, 0.1) is 13.2 Å².